The van der Waals surface area contributed by atoms with Gasteiger partial charge in [0.25, 0.3) is 0 Å². The highest BCUT2D eigenvalue weighted by atomic mass is 16.1. The molecule has 0 saturated carbocycles. The predicted molar refractivity (Wildman–Crippen MR) is 83.9 cm³/mol. The lowest BCUT2D eigenvalue weighted by Crippen LogP contribution is -2.32. The molecule has 0 spiro atoms. The highest BCUT2D eigenvalue weighted by Gasteiger charge is 2.11. The van der Waals surface area contributed by atoms with Crippen molar-refractivity contribution < 1.29 is 4.79 Å². The Morgan fingerprint density at radius 3 is 2.06 bits per heavy atom. The summed E-state index contributed by atoms with van der Waals surface area (Å²) in [5.74, 6) is 0.153. The molecule has 18 heavy (non-hydrogen) atoms. The first-order valence-electron chi connectivity index (χ1n) is 6.77. The van der Waals surface area contributed by atoms with Gasteiger partial charge in [0, 0.05) is 0 Å². The van der Waals surface area contributed by atoms with Crippen molar-refractivity contribution in [3.8, 4) is 0 Å². The zero-order valence-electron chi connectivity index (χ0n) is 13.2. The van der Waals surface area contributed by atoms with Gasteiger partial charge in [0.1, 0.15) is 5.78 Å². The molecule has 1 atom stereocenters. The molecule has 0 aromatic rings. The smallest absolute Gasteiger partial charge is 0.147 e. The van der Waals surface area contributed by atoms with E-state index in [2.05, 4.69) is 11.9 Å². The van der Waals surface area contributed by atoms with E-state index >= 15 is 0 Å². The molecular formula is C16H31NO. The summed E-state index contributed by atoms with van der Waals surface area (Å²) in [7, 11) is 1.79. The molecule has 0 fully saturated rings. The Morgan fingerprint density at radius 2 is 1.78 bits per heavy atom. The van der Waals surface area contributed by atoms with Crippen LogP contribution >= 0.6 is 0 Å². The van der Waals surface area contributed by atoms with Crippen LogP contribution in [0, 0.1) is 0 Å². The number of nitrogens with one attached hydrogen (secondary N) is 1. The Labute approximate surface area is 114 Å². The fraction of sp³-hybridized carbons (Fsp3) is 0.562. The van der Waals surface area contributed by atoms with E-state index in [0.29, 0.717) is 6.42 Å². The second-order valence-corrected chi connectivity index (χ2v) is 3.13. The maximum Gasteiger partial charge on any atom is 0.147 e. The van der Waals surface area contributed by atoms with E-state index in [1.807, 2.05) is 52.8 Å². The summed E-state index contributed by atoms with van der Waals surface area (Å²) in [6.45, 7) is 15.3. The molecular weight excluding hydrogens is 222 g/mol. The Balaban J connectivity index is -0.000000506. The van der Waals surface area contributed by atoms with Crippen LogP contribution in [-0.4, -0.2) is 18.9 Å². The van der Waals surface area contributed by atoms with Gasteiger partial charge in [0.2, 0.25) is 0 Å². The summed E-state index contributed by atoms with van der Waals surface area (Å²) < 4.78 is 0. The van der Waals surface area contributed by atoms with Crippen LogP contribution in [0.5, 0.6) is 0 Å². The Morgan fingerprint density at radius 1 is 1.28 bits per heavy atom. The largest absolute Gasteiger partial charge is 0.310 e. The van der Waals surface area contributed by atoms with Crippen LogP contribution in [-0.2, 0) is 4.79 Å². The van der Waals surface area contributed by atoms with Crippen LogP contribution in [0.3, 0.4) is 0 Å². The third-order valence-electron chi connectivity index (χ3n) is 2.04. The second-order valence-electron chi connectivity index (χ2n) is 3.13. The van der Waals surface area contributed by atoms with E-state index in [1.54, 1.807) is 20.0 Å². The van der Waals surface area contributed by atoms with Gasteiger partial charge in [-0.2, -0.15) is 0 Å². The maximum absolute atomic E-state index is 11.2. The molecule has 0 bridgehead atoms. The third-order valence-corrected chi connectivity index (χ3v) is 2.04. The molecule has 0 aliphatic heterocycles. The number of hydrogen-bond acceptors (Lipinski definition) is 2. The molecule has 0 aliphatic rings. The zero-order chi connectivity index (χ0) is 15.0. The minimum absolute atomic E-state index is 0.107. The van der Waals surface area contributed by atoms with Crippen molar-refractivity contribution in [2.75, 3.05) is 7.05 Å². The highest BCUT2D eigenvalue weighted by Crippen LogP contribution is 2.07. The first-order chi connectivity index (χ1) is 8.65. The normalized spacial score (nSPS) is 11.8. The SMILES string of the molecule is C=C/C(=C\C=C/C)CC(NC)C(C)=O.CC.CC. The number of carbonyl (C=O) groups is 1. The number of allylic oxidation sites excluding steroid dienone is 4. The van der Waals surface area contributed by atoms with E-state index in [4.69, 9.17) is 0 Å². The fourth-order valence-electron chi connectivity index (χ4n) is 1.12. The molecule has 0 heterocycles. The molecule has 2 nitrogen and oxygen atoms in total. The van der Waals surface area contributed by atoms with E-state index in [0.717, 1.165) is 5.57 Å². The highest BCUT2D eigenvalue weighted by molar-refractivity contribution is 5.81. The molecule has 1 unspecified atom stereocenters. The van der Waals surface area contributed by atoms with Gasteiger partial charge in [-0.15, -0.1) is 0 Å². The van der Waals surface area contributed by atoms with Gasteiger partial charge in [-0.25, -0.2) is 0 Å². The van der Waals surface area contributed by atoms with Crippen molar-refractivity contribution >= 4 is 5.78 Å². The average molecular weight is 253 g/mol. The standard InChI is InChI=1S/C12H19NO.2C2H6/c1-5-7-8-11(6-2)9-12(13-4)10(3)14;2*1-2/h5-8,12-13H,2,9H2,1,3-4H3;2*1-2H3/b7-5-,11-8+;;. The Bertz CT molecular complexity index is 252. The number of ketones is 1. The van der Waals surface area contributed by atoms with Gasteiger partial charge in [-0.1, -0.05) is 58.6 Å². The van der Waals surface area contributed by atoms with Gasteiger partial charge in [0.05, 0.1) is 6.04 Å². The van der Waals surface area contributed by atoms with Crippen molar-refractivity contribution in [3.63, 3.8) is 0 Å². The topological polar surface area (TPSA) is 29.1 Å². The van der Waals surface area contributed by atoms with Crippen LogP contribution in [0.15, 0.2) is 36.5 Å². The minimum Gasteiger partial charge on any atom is -0.310 e. The van der Waals surface area contributed by atoms with Gasteiger partial charge >= 0.3 is 0 Å². The average Bonchev–Trinajstić information content (AvgIpc) is 2.43. The van der Waals surface area contributed by atoms with E-state index in [9.17, 15) is 4.79 Å². The van der Waals surface area contributed by atoms with Crippen molar-refractivity contribution in [1.82, 2.24) is 5.32 Å². The summed E-state index contributed by atoms with van der Waals surface area (Å²) in [5.41, 5.74) is 1.07. The lowest BCUT2D eigenvalue weighted by Gasteiger charge is -2.12. The van der Waals surface area contributed by atoms with E-state index in [1.165, 1.54) is 0 Å². The second kappa shape index (κ2) is 18.2. The van der Waals surface area contributed by atoms with Crippen molar-refractivity contribution in [2.45, 2.75) is 54.0 Å². The summed E-state index contributed by atoms with van der Waals surface area (Å²) in [6.07, 6.45) is 8.35. The van der Waals surface area contributed by atoms with Crippen LogP contribution < -0.4 is 5.32 Å². The first-order valence-corrected chi connectivity index (χ1v) is 6.77. The van der Waals surface area contributed by atoms with E-state index in [-0.39, 0.29) is 11.8 Å². The molecule has 1 N–H and O–H groups in total. The number of Topliss-reactive ketones (excluding diaryl/α,β-unsaturated/α-hetero) is 1. The number of likely N-dealkylation sites (N-methyl/N-ethyl adjacent to an activating group) is 1. The van der Waals surface area contributed by atoms with Gasteiger partial charge in [0.15, 0.2) is 0 Å². The summed E-state index contributed by atoms with van der Waals surface area (Å²) in [6, 6.07) is -0.107. The predicted octanol–water partition coefficient (Wildman–Crippen LogP) is 4.29. The number of rotatable bonds is 6. The van der Waals surface area contributed by atoms with Crippen LogP contribution in [0.2, 0.25) is 0 Å². The monoisotopic (exact) mass is 253 g/mol. The lowest BCUT2D eigenvalue weighted by molar-refractivity contribution is -0.118. The van der Waals surface area contributed by atoms with E-state index < -0.39 is 0 Å². The van der Waals surface area contributed by atoms with Crippen LogP contribution in [0.4, 0.5) is 0 Å². The van der Waals surface area contributed by atoms with Crippen LogP contribution in [0.25, 0.3) is 0 Å². The van der Waals surface area contributed by atoms with Gasteiger partial charge in [-0.05, 0) is 32.9 Å². The molecule has 0 aliphatic carbocycles. The molecule has 0 aromatic carbocycles. The van der Waals surface area contributed by atoms with Gasteiger partial charge in [-0.3, -0.25) is 4.79 Å². The number of hydrogen-bond donors (Lipinski definition) is 1. The molecule has 0 amide bonds. The summed E-state index contributed by atoms with van der Waals surface area (Å²) in [4.78, 5) is 11.2. The van der Waals surface area contributed by atoms with Crippen molar-refractivity contribution in [2.24, 2.45) is 0 Å². The fourth-order valence-corrected chi connectivity index (χ4v) is 1.12. The summed E-state index contributed by atoms with van der Waals surface area (Å²) >= 11 is 0. The molecule has 0 radical (unpaired) electrons. The maximum atomic E-state index is 11.2. The Hall–Kier alpha value is -1.15. The Kier molecular flexibility index (Phi) is 22.3. The zero-order valence-corrected chi connectivity index (χ0v) is 13.2. The van der Waals surface area contributed by atoms with Gasteiger partial charge < -0.3 is 5.32 Å². The van der Waals surface area contributed by atoms with Crippen molar-refractivity contribution in [3.05, 3.63) is 36.5 Å². The molecule has 0 saturated heterocycles. The van der Waals surface area contributed by atoms with Crippen molar-refractivity contribution in [1.29, 1.82) is 0 Å². The molecule has 0 aromatic heterocycles. The lowest BCUT2D eigenvalue weighted by atomic mass is 10.0. The molecule has 2 heteroatoms. The number of carbonyl (C=O) groups excluding carboxylic acids is 1. The third kappa shape index (κ3) is 12.9. The molecule has 106 valence electrons. The summed E-state index contributed by atoms with van der Waals surface area (Å²) in [5, 5.41) is 2.98. The van der Waals surface area contributed by atoms with Crippen LogP contribution in [0.1, 0.15) is 48.0 Å². The molecule has 0 rings (SSSR count). The quantitative estimate of drug-likeness (QED) is 0.715. The first kappa shape index (κ1) is 22.1. The minimum atomic E-state index is -0.107.